The molecule has 4 rings (SSSR count). The minimum absolute atomic E-state index is 0.294. The Morgan fingerprint density at radius 3 is 2.44 bits per heavy atom. The molecule has 4 aromatic rings. The SMILES string of the molecule is C[C@H](Sc1ncnc2c1cnn2-c1ccc(F)cc1)c1ccc(F)cc1F. The van der Waals surface area contributed by atoms with Crippen LogP contribution in [0, 0.1) is 17.5 Å². The maximum absolute atomic E-state index is 14.0. The van der Waals surface area contributed by atoms with Crippen LogP contribution in [-0.2, 0) is 0 Å². The zero-order valence-electron chi connectivity index (χ0n) is 14.1. The first-order chi connectivity index (χ1) is 13.0. The maximum atomic E-state index is 14.0. The van der Waals surface area contributed by atoms with Gasteiger partial charge in [-0.1, -0.05) is 17.8 Å². The van der Waals surface area contributed by atoms with Gasteiger partial charge in [-0.3, -0.25) is 0 Å². The van der Waals surface area contributed by atoms with Crippen LogP contribution in [0.1, 0.15) is 17.7 Å². The van der Waals surface area contributed by atoms with Gasteiger partial charge >= 0.3 is 0 Å². The number of rotatable bonds is 4. The van der Waals surface area contributed by atoms with Crippen molar-refractivity contribution in [1.29, 1.82) is 0 Å². The van der Waals surface area contributed by atoms with Crippen molar-refractivity contribution in [2.24, 2.45) is 0 Å². The summed E-state index contributed by atoms with van der Waals surface area (Å²) >= 11 is 1.33. The summed E-state index contributed by atoms with van der Waals surface area (Å²) in [5.41, 5.74) is 1.61. The summed E-state index contributed by atoms with van der Waals surface area (Å²) in [6.45, 7) is 1.82. The van der Waals surface area contributed by atoms with E-state index in [4.69, 9.17) is 0 Å². The van der Waals surface area contributed by atoms with Gasteiger partial charge in [-0.05, 0) is 37.3 Å². The normalized spacial score (nSPS) is 12.4. The second-order valence-corrected chi connectivity index (χ2v) is 7.20. The van der Waals surface area contributed by atoms with Crippen LogP contribution in [0.15, 0.2) is 60.0 Å². The van der Waals surface area contributed by atoms with Crippen LogP contribution in [0.2, 0.25) is 0 Å². The fourth-order valence-corrected chi connectivity index (χ4v) is 3.78. The summed E-state index contributed by atoms with van der Waals surface area (Å²) in [5, 5.41) is 5.35. The van der Waals surface area contributed by atoms with Crippen LogP contribution in [0.25, 0.3) is 16.7 Å². The zero-order chi connectivity index (χ0) is 19.0. The maximum Gasteiger partial charge on any atom is 0.167 e. The van der Waals surface area contributed by atoms with Gasteiger partial charge in [-0.25, -0.2) is 27.8 Å². The summed E-state index contributed by atoms with van der Waals surface area (Å²) in [4.78, 5) is 8.55. The Bertz CT molecular complexity index is 1110. The average Bonchev–Trinajstić information content (AvgIpc) is 3.07. The molecule has 8 heteroatoms. The lowest BCUT2D eigenvalue weighted by atomic mass is 10.1. The standard InChI is InChI=1S/C19H13F3N4S/c1-11(15-7-4-13(21)8-17(15)22)27-19-16-9-25-26(18(16)23-10-24-19)14-5-2-12(20)3-6-14/h2-11H,1H3/t11-/m0/s1. The van der Waals surface area contributed by atoms with E-state index >= 15 is 0 Å². The van der Waals surface area contributed by atoms with Crippen LogP contribution in [0.3, 0.4) is 0 Å². The van der Waals surface area contributed by atoms with Gasteiger partial charge in [0.15, 0.2) is 5.65 Å². The number of thioether (sulfide) groups is 1. The second kappa shape index (κ2) is 7.03. The third kappa shape index (κ3) is 3.40. The Morgan fingerprint density at radius 2 is 1.70 bits per heavy atom. The summed E-state index contributed by atoms with van der Waals surface area (Å²) in [7, 11) is 0. The smallest absolute Gasteiger partial charge is 0.167 e. The number of halogens is 3. The van der Waals surface area contributed by atoms with Gasteiger partial charge in [0.25, 0.3) is 0 Å². The van der Waals surface area contributed by atoms with Crippen LogP contribution in [-0.4, -0.2) is 19.7 Å². The van der Waals surface area contributed by atoms with E-state index in [9.17, 15) is 13.2 Å². The van der Waals surface area contributed by atoms with Crippen LogP contribution in [0.4, 0.5) is 13.2 Å². The number of hydrogen-bond acceptors (Lipinski definition) is 4. The number of fused-ring (bicyclic) bond motifs is 1. The summed E-state index contributed by atoms with van der Waals surface area (Å²) in [5.74, 6) is -1.54. The molecule has 0 bridgehead atoms. The van der Waals surface area contributed by atoms with Crippen molar-refractivity contribution in [1.82, 2.24) is 19.7 Å². The molecule has 2 aromatic carbocycles. The molecule has 0 radical (unpaired) electrons. The Kier molecular flexibility index (Phi) is 4.57. The van der Waals surface area contributed by atoms with Gasteiger partial charge in [0.2, 0.25) is 0 Å². The Hall–Kier alpha value is -2.87. The topological polar surface area (TPSA) is 43.6 Å². The molecule has 0 aliphatic carbocycles. The molecular weight excluding hydrogens is 373 g/mol. The van der Waals surface area contributed by atoms with Crippen molar-refractivity contribution in [3.05, 3.63) is 78.0 Å². The molecule has 0 N–H and O–H groups in total. The van der Waals surface area contributed by atoms with Gasteiger partial charge < -0.3 is 0 Å². The zero-order valence-corrected chi connectivity index (χ0v) is 14.9. The number of benzene rings is 2. The monoisotopic (exact) mass is 386 g/mol. The molecule has 0 aliphatic heterocycles. The van der Waals surface area contributed by atoms with Crippen molar-refractivity contribution in [3.63, 3.8) is 0 Å². The lowest BCUT2D eigenvalue weighted by Crippen LogP contribution is -1.99. The molecule has 0 aliphatic rings. The number of aromatic nitrogens is 4. The molecule has 27 heavy (non-hydrogen) atoms. The third-order valence-electron chi connectivity index (χ3n) is 4.09. The predicted molar refractivity (Wildman–Crippen MR) is 97.2 cm³/mol. The summed E-state index contributed by atoms with van der Waals surface area (Å²) < 4.78 is 41.9. The Labute approximate surface area is 157 Å². The molecule has 1 atom stereocenters. The first-order valence-corrected chi connectivity index (χ1v) is 8.97. The molecule has 136 valence electrons. The molecule has 4 nitrogen and oxygen atoms in total. The van der Waals surface area contributed by atoms with Gasteiger partial charge in [-0.2, -0.15) is 5.10 Å². The molecule has 0 saturated heterocycles. The van der Waals surface area contributed by atoms with Crippen LogP contribution in [0.5, 0.6) is 0 Å². The van der Waals surface area contributed by atoms with E-state index in [2.05, 4.69) is 15.1 Å². The van der Waals surface area contributed by atoms with E-state index in [-0.39, 0.29) is 11.1 Å². The first-order valence-electron chi connectivity index (χ1n) is 8.09. The van der Waals surface area contributed by atoms with Gasteiger partial charge in [0.1, 0.15) is 28.8 Å². The predicted octanol–water partition coefficient (Wildman–Crippen LogP) is 5.09. The Morgan fingerprint density at radius 1 is 0.963 bits per heavy atom. The Balaban J connectivity index is 1.70. The number of hydrogen-bond donors (Lipinski definition) is 0. The van der Waals surface area contributed by atoms with Gasteiger partial charge in [0.05, 0.1) is 17.3 Å². The van der Waals surface area contributed by atoms with E-state index in [1.54, 1.807) is 23.0 Å². The van der Waals surface area contributed by atoms with Crippen molar-refractivity contribution < 1.29 is 13.2 Å². The molecule has 0 fully saturated rings. The fraction of sp³-hybridized carbons (Fsp3) is 0.105. The summed E-state index contributed by atoms with van der Waals surface area (Å²) in [6, 6.07) is 9.44. The van der Waals surface area contributed by atoms with E-state index in [0.29, 0.717) is 27.3 Å². The van der Waals surface area contributed by atoms with Gasteiger partial charge in [0, 0.05) is 16.9 Å². The van der Waals surface area contributed by atoms with Crippen molar-refractivity contribution in [3.8, 4) is 5.69 Å². The average molecular weight is 386 g/mol. The van der Waals surface area contributed by atoms with Crippen molar-refractivity contribution in [2.45, 2.75) is 17.2 Å². The lowest BCUT2D eigenvalue weighted by molar-refractivity contribution is 0.573. The van der Waals surface area contributed by atoms with Crippen LogP contribution >= 0.6 is 11.8 Å². The van der Waals surface area contributed by atoms with E-state index in [1.807, 2.05) is 6.92 Å². The van der Waals surface area contributed by atoms with Crippen molar-refractivity contribution in [2.75, 3.05) is 0 Å². The molecule has 0 unspecified atom stereocenters. The first kappa shape index (κ1) is 17.5. The van der Waals surface area contributed by atoms with E-state index < -0.39 is 11.6 Å². The summed E-state index contributed by atoms with van der Waals surface area (Å²) in [6.07, 6.45) is 3.02. The van der Waals surface area contributed by atoms with E-state index in [1.165, 1.54) is 42.4 Å². The quantitative estimate of drug-likeness (QED) is 0.362. The second-order valence-electron chi connectivity index (χ2n) is 5.87. The minimum atomic E-state index is -0.613. The van der Waals surface area contributed by atoms with E-state index in [0.717, 1.165) is 6.07 Å². The highest BCUT2D eigenvalue weighted by atomic mass is 32.2. The molecule has 2 heterocycles. The molecule has 0 spiro atoms. The van der Waals surface area contributed by atoms with Crippen molar-refractivity contribution >= 4 is 22.8 Å². The fourth-order valence-electron chi connectivity index (χ4n) is 2.75. The van der Waals surface area contributed by atoms with Gasteiger partial charge in [-0.15, -0.1) is 0 Å². The largest absolute Gasteiger partial charge is 0.229 e. The lowest BCUT2D eigenvalue weighted by Gasteiger charge is -2.12. The number of nitrogens with zero attached hydrogens (tertiary/aromatic N) is 4. The minimum Gasteiger partial charge on any atom is -0.229 e. The molecular formula is C19H13F3N4S. The highest BCUT2D eigenvalue weighted by Crippen LogP contribution is 2.38. The molecule has 2 aromatic heterocycles. The molecule has 0 saturated carbocycles. The highest BCUT2D eigenvalue weighted by Gasteiger charge is 2.17. The third-order valence-corrected chi connectivity index (χ3v) is 5.25. The van der Waals surface area contributed by atoms with Crippen LogP contribution < -0.4 is 0 Å². The highest BCUT2D eigenvalue weighted by molar-refractivity contribution is 7.99. The molecule has 0 amide bonds.